The molecule has 146 valence electrons. The first kappa shape index (κ1) is 20.4. The van der Waals surface area contributed by atoms with Gasteiger partial charge in [0.05, 0.1) is 22.4 Å². The second-order valence-corrected chi connectivity index (χ2v) is 8.16. The van der Waals surface area contributed by atoms with Gasteiger partial charge in [-0.05, 0) is 49.9 Å². The van der Waals surface area contributed by atoms with Gasteiger partial charge in [0.25, 0.3) is 5.91 Å². The lowest BCUT2D eigenvalue weighted by atomic mass is 10.1. The van der Waals surface area contributed by atoms with E-state index in [1.54, 1.807) is 30.8 Å². The van der Waals surface area contributed by atoms with E-state index in [1.807, 2.05) is 48.1 Å². The van der Waals surface area contributed by atoms with E-state index >= 15 is 0 Å². The van der Waals surface area contributed by atoms with Crippen LogP contribution in [-0.4, -0.2) is 35.1 Å². The van der Waals surface area contributed by atoms with Gasteiger partial charge >= 0.3 is 5.97 Å². The summed E-state index contributed by atoms with van der Waals surface area (Å²) in [6, 6.07) is 12.9. The Balaban J connectivity index is 2.10. The molecular formula is C21H22N2O3S2. The lowest BCUT2D eigenvalue weighted by molar-refractivity contribution is 0.0526. The van der Waals surface area contributed by atoms with Crippen LogP contribution in [-0.2, 0) is 11.3 Å². The standard InChI is InChI=1S/C21H22N2O3S2/c1-4-26-20(25)15-9-10-17-18(13-15)28-21(23(17)11-12-27-3)22-19(24)16-8-6-5-7-14(16)2/h5-10,13H,4,11-12H2,1-3H3. The molecule has 1 heterocycles. The largest absolute Gasteiger partial charge is 0.462 e. The molecule has 0 saturated heterocycles. The number of thioether (sulfide) groups is 1. The van der Waals surface area contributed by atoms with E-state index in [0.717, 1.165) is 28.1 Å². The number of amides is 1. The number of benzene rings is 2. The van der Waals surface area contributed by atoms with E-state index in [0.29, 0.717) is 22.5 Å². The van der Waals surface area contributed by atoms with E-state index in [9.17, 15) is 9.59 Å². The van der Waals surface area contributed by atoms with Gasteiger partial charge in [0.15, 0.2) is 4.80 Å². The van der Waals surface area contributed by atoms with Crippen LogP contribution in [0.5, 0.6) is 0 Å². The van der Waals surface area contributed by atoms with E-state index < -0.39 is 0 Å². The highest BCUT2D eigenvalue weighted by atomic mass is 32.2. The Morgan fingerprint density at radius 3 is 2.71 bits per heavy atom. The van der Waals surface area contributed by atoms with Gasteiger partial charge in [0.2, 0.25) is 0 Å². The van der Waals surface area contributed by atoms with Gasteiger partial charge in [-0.3, -0.25) is 4.79 Å². The van der Waals surface area contributed by atoms with Crippen LogP contribution >= 0.6 is 23.1 Å². The third kappa shape index (κ3) is 4.36. The molecule has 0 unspecified atom stereocenters. The SMILES string of the molecule is CCOC(=O)c1ccc2c(c1)sc(=NC(=O)c1ccccc1C)n2CCSC. The van der Waals surface area contributed by atoms with Crippen molar-refractivity contribution in [3.05, 3.63) is 64.0 Å². The van der Waals surface area contributed by atoms with Crippen LogP contribution in [0, 0.1) is 6.92 Å². The molecule has 0 radical (unpaired) electrons. The summed E-state index contributed by atoms with van der Waals surface area (Å²) in [5, 5.41) is 0. The van der Waals surface area contributed by atoms with Crippen molar-refractivity contribution >= 4 is 45.2 Å². The van der Waals surface area contributed by atoms with Gasteiger partial charge in [-0.1, -0.05) is 29.5 Å². The highest BCUT2D eigenvalue weighted by Gasteiger charge is 2.13. The van der Waals surface area contributed by atoms with E-state index in [2.05, 4.69) is 4.99 Å². The summed E-state index contributed by atoms with van der Waals surface area (Å²) < 4.78 is 8.04. The zero-order valence-corrected chi connectivity index (χ0v) is 17.7. The summed E-state index contributed by atoms with van der Waals surface area (Å²) in [4.78, 5) is 29.8. The number of hydrogen-bond acceptors (Lipinski definition) is 5. The van der Waals surface area contributed by atoms with Crippen LogP contribution in [0.1, 0.15) is 33.2 Å². The minimum atomic E-state index is -0.345. The number of hydrogen-bond donors (Lipinski definition) is 0. The molecule has 5 nitrogen and oxygen atoms in total. The Bertz CT molecular complexity index is 1080. The number of carbonyl (C=O) groups excluding carboxylic acids is 2. The summed E-state index contributed by atoms with van der Waals surface area (Å²) in [6.45, 7) is 4.76. The topological polar surface area (TPSA) is 60.7 Å². The van der Waals surface area contributed by atoms with Gasteiger partial charge in [-0.15, -0.1) is 0 Å². The molecule has 0 N–H and O–H groups in total. The maximum Gasteiger partial charge on any atom is 0.338 e. The van der Waals surface area contributed by atoms with Crippen molar-refractivity contribution in [2.75, 3.05) is 18.6 Å². The number of nitrogens with zero attached hydrogens (tertiary/aromatic N) is 2. The van der Waals surface area contributed by atoms with Crippen molar-refractivity contribution in [3.63, 3.8) is 0 Å². The minimum absolute atomic E-state index is 0.256. The molecule has 0 aliphatic carbocycles. The van der Waals surface area contributed by atoms with Gasteiger partial charge in [0, 0.05) is 17.9 Å². The normalized spacial score (nSPS) is 11.8. The Labute approximate surface area is 172 Å². The molecule has 1 aromatic heterocycles. The summed E-state index contributed by atoms with van der Waals surface area (Å²) in [5.41, 5.74) is 2.97. The average molecular weight is 415 g/mol. The van der Waals surface area contributed by atoms with Gasteiger partial charge in [-0.2, -0.15) is 16.8 Å². The Kier molecular flexibility index (Phi) is 6.70. The van der Waals surface area contributed by atoms with Gasteiger partial charge in [0.1, 0.15) is 0 Å². The number of thiazole rings is 1. The fraction of sp³-hybridized carbons (Fsp3) is 0.286. The summed E-state index contributed by atoms with van der Waals surface area (Å²) >= 11 is 3.14. The van der Waals surface area contributed by atoms with Crippen molar-refractivity contribution in [2.45, 2.75) is 20.4 Å². The molecule has 7 heteroatoms. The van der Waals surface area contributed by atoms with Gasteiger partial charge < -0.3 is 9.30 Å². The molecule has 2 aromatic carbocycles. The number of fused-ring (bicyclic) bond motifs is 1. The molecule has 3 rings (SSSR count). The van der Waals surface area contributed by atoms with Crippen LogP contribution in [0.15, 0.2) is 47.5 Å². The minimum Gasteiger partial charge on any atom is -0.462 e. The lowest BCUT2D eigenvalue weighted by Crippen LogP contribution is -2.18. The van der Waals surface area contributed by atoms with E-state index in [4.69, 9.17) is 4.74 Å². The zero-order valence-electron chi connectivity index (χ0n) is 16.1. The average Bonchev–Trinajstić information content (AvgIpc) is 3.02. The second-order valence-electron chi connectivity index (χ2n) is 6.16. The second kappa shape index (κ2) is 9.21. The number of aryl methyl sites for hydroxylation is 2. The van der Waals surface area contributed by atoms with Crippen molar-refractivity contribution < 1.29 is 14.3 Å². The van der Waals surface area contributed by atoms with Crippen LogP contribution in [0.2, 0.25) is 0 Å². The number of rotatable bonds is 6. The molecule has 0 fully saturated rings. The Morgan fingerprint density at radius 2 is 2.00 bits per heavy atom. The number of carbonyl (C=O) groups is 2. The molecule has 1 amide bonds. The number of aromatic nitrogens is 1. The third-order valence-corrected chi connectivity index (χ3v) is 5.92. The molecular weight excluding hydrogens is 392 g/mol. The van der Waals surface area contributed by atoms with Crippen molar-refractivity contribution in [2.24, 2.45) is 4.99 Å². The monoisotopic (exact) mass is 414 g/mol. The fourth-order valence-electron chi connectivity index (χ4n) is 2.86. The first-order valence-electron chi connectivity index (χ1n) is 8.99. The maximum absolute atomic E-state index is 12.7. The Morgan fingerprint density at radius 1 is 1.21 bits per heavy atom. The summed E-state index contributed by atoms with van der Waals surface area (Å²) in [6.07, 6.45) is 2.04. The van der Waals surface area contributed by atoms with E-state index in [-0.39, 0.29) is 11.9 Å². The Hall–Kier alpha value is -2.38. The van der Waals surface area contributed by atoms with Crippen LogP contribution in [0.4, 0.5) is 0 Å². The van der Waals surface area contributed by atoms with Crippen molar-refractivity contribution in [3.8, 4) is 0 Å². The van der Waals surface area contributed by atoms with Crippen LogP contribution in [0.3, 0.4) is 0 Å². The number of ether oxygens (including phenoxy) is 1. The predicted octanol–water partition coefficient (Wildman–Crippen LogP) is 4.29. The van der Waals surface area contributed by atoms with Crippen molar-refractivity contribution in [1.82, 2.24) is 4.57 Å². The molecule has 0 aliphatic rings. The highest BCUT2D eigenvalue weighted by molar-refractivity contribution is 7.98. The maximum atomic E-state index is 12.7. The molecule has 0 bridgehead atoms. The quantitative estimate of drug-likeness (QED) is 0.565. The molecule has 0 aliphatic heterocycles. The first-order chi connectivity index (χ1) is 13.5. The highest BCUT2D eigenvalue weighted by Crippen LogP contribution is 2.21. The summed E-state index contributed by atoms with van der Waals surface area (Å²) in [7, 11) is 0. The van der Waals surface area contributed by atoms with E-state index in [1.165, 1.54) is 11.3 Å². The zero-order chi connectivity index (χ0) is 20.1. The van der Waals surface area contributed by atoms with Crippen molar-refractivity contribution in [1.29, 1.82) is 0 Å². The number of esters is 1. The first-order valence-corrected chi connectivity index (χ1v) is 11.2. The third-order valence-electron chi connectivity index (χ3n) is 4.29. The smallest absolute Gasteiger partial charge is 0.338 e. The fourth-order valence-corrected chi connectivity index (χ4v) is 4.32. The molecule has 0 atom stereocenters. The lowest BCUT2D eigenvalue weighted by Gasteiger charge is -2.05. The summed E-state index contributed by atoms with van der Waals surface area (Å²) in [5.74, 6) is 0.299. The predicted molar refractivity (Wildman–Crippen MR) is 115 cm³/mol. The van der Waals surface area contributed by atoms with Crippen LogP contribution < -0.4 is 4.80 Å². The molecule has 28 heavy (non-hydrogen) atoms. The molecule has 0 spiro atoms. The molecule has 0 saturated carbocycles. The van der Waals surface area contributed by atoms with Crippen LogP contribution in [0.25, 0.3) is 10.2 Å². The molecule has 3 aromatic rings. The van der Waals surface area contributed by atoms with Gasteiger partial charge in [-0.25, -0.2) is 4.79 Å².